The van der Waals surface area contributed by atoms with Crippen molar-refractivity contribution in [2.45, 2.75) is 18.7 Å². The molecule has 0 saturated carbocycles. The fourth-order valence-corrected chi connectivity index (χ4v) is 2.59. The molecule has 1 aromatic rings. The van der Waals surface area contributed by atoms with E-state index in [0.717, 1.165) is 0 Å². The summed E-state index contributed by atoms with van der Waals surface area (Å²) in [5, 5.41) is 0.184. The van der Waals surface area contributed by atoms with Crippen molar-refractivity contribution in [1.29, 1.82) is 0 Å². The van der Waals surface area contributed by atoms with E-state index in [2.05, 4.69) is 4.40 Å². The molecule has 0 heterocycles. The van der Waals surface area contributed by atoms with Gasteiger partial charge in [-0.25, -0.2) is 0 Å². The highest BCUT2D eigenvalue weighted by Crippen LogP contribution is 2.21. The Morgan fingerprint density at radius 2 is 1.88 bits per heavy atom. The summed E-state index contributed by atoms with van der Waals surface area (Å²) in [6.07, 6.45) is 1.33. The molecule has 0 bridgehead atoms. The molecule has 0 amide bonds. The van der Waals surface area contributed by atoms with Crippen molar-refractivity contribution in [3.05, 3.63) is 29.3 Å². The van der Waals surface area contributed by atoms with Crippen LogP contribution in [0.2, 0.25) is 5.02 Å². The number of benzene rings is 1. The third-order valence-corrected chi connectivity index (χ3v) is 4.00. The van der Waals surface area contributed by atoms with Gasteiger partial charge in [-0.2, -0.15) is 8.42 Å². The molecule has 0 spiro atoms. The Bertz CT molecular complexity index is 496. The van der Waals surface area contributed by atoms with Crippen LogP contribution < -0.4 is 0 Å². The highest BCUT2D eigenvalue weighted by atomic mass is 35.5. The molecule has 17 heavy (non-hydrogen) atoms. The summed E-state index contributed by atoms with van der Waals surface area (Å²) < 4.78 is 27.4. The summed E-state index contributed by atoms with van der Waals surface area (Å²) >= 11 is 5.83. The lowest BCUT2D eigenvalue weighted by molar-refractivity contribution is 0.480. The first-order valence-corrected chi connectivity index (χ1v) is 7.12. The van der Waals surface area contributed by atoms with Crippen molar-refractivity contribution in [3.63, 3.8) is 0 Å². The van der Waals surface area contributed by atoms with E-state index in [0.29, 0.717) is 13.1 Å². The van der Waals surface area contributed by atoms with Gasteiger partial charge in [-0.1, -0.05) is 23.7 Å². The van der Waals surface area contributed by atoms with Crippen LogP contribution in [0.3, 0.4) is 0 Å². The molecule has 6 heteroatoms. The van der Waals surface area contributed by atoms with Crippen LogP contribution in [-0.2, 0) is 10.0 Å². The summed E-state index contributed by atoms with van der Waals surface area (Å²) in [7, 11) is -3.71. The molecule has 1 aromatic carbocycles. The third kappa shape index (κ3) is 3.71. The predicted octanol–water partition coefficient (Wildman–Crippen LogP) is 2.40. The second kappa shape index (κ2) is 6.02. The minimum Gasteiger partial charge on any atom is -0.362 e. The summed E-state index contributed by atoms with van der Waals surface area (Å²) in [6, 6.07) is 6.26. The third-order valence-electron chi connectivity index (χ3n) is 2.28. The smallest absolute Gasteiger partial charge is 0.285 e. The lowest BCUT2D eigenvalue weighted by Gasteiger charge is -2.13. The van der Waals surface area contributed by atoms with Gasteiger partial charge in [0.2, 0.25) is 0 Å². The molecule has 0 fully saturated rings. The Balaban J connectivity index is 3.01. The van der Waals surface area contributed by atoms with E-state index in [1.807, 2.05) is 13.8 Å². The zero-order chi connectivity index (χ0) is 12.9. The Morgan fingerprint density at radius 3 is 2.41 bits per heavy atom. The van der Waals surface area contributed by atoms with Gasteiger partial charge in [0.05, 0.1) is 5.02 Å². The zero-order valence-electron chi connectivity index (χ0n) is 9.80. The molecule has 0 N–H and O–H groups in total. The first kappa shape index (κ1) is 14.0. The molecule has 0 unspecified atom stereocenters. The topological polar surface area (TPSA) is 49.7 Å². The standard InChI is InChI=1S/C11H15ClN2O2S/c1-3-14(4-2)9-13-17(15,16)11-8-6-5-7-10(11)12/h5-9H,3-4H2,1-2H3/b13-9+. The van der Waals surface area contributed by atoms with E-state index < -0.39 is 10.0 Å². The summed E-state index contributed by atoms with van der Waals surface area (Å²) in [5.41, 5.74) is 0. The minimum absolute atomic E-state index is 0.0325. The average molecular weight is 275 g/mol. The Kier molecular flexibility index (Phi) is 4.96. The Morgan fingerprint density at radius 1 is 1.29 bits per heavy atom. The average Bonchev–Trinajstić information content (AvgIpc) is 2.30. The summed E-state index contributed by atoms with van der Waals surface area (Å²) in [6.45, 7) is 5.27. The Labute approximate surface area is 107 Å². The lowest BCUT2D eigenvalue weighted by Crippen LogP contribution is -2.21. The van der Waals surface area contributed by atoms with Gasteiger partial charge >= 0.3 is 0 Å². The molecule has 4 nitrogen and oxygen atoms in total. The minimum atomic E-state index is -3.71. The van der Waals surface area contributed by atoms with Crippen molar-refractivity contribution < 1.29 is 8.42 Å². The SMILES string of the molecule is CCN(/C=N/S(=O)(=O)c1ccccc1Cl)CC. The van der Waals surface area contributed by atoms with Crippen LogP contribution >= 0.6 is 11.6 Å². The van der Waals surface area contributed by atoms with Gasteiger partial charge < -0.3 is 4.90 Å². The van der Waals surface area contributed by atoms with Crippen molar-refractivity contribution >= 4 is 28.0 Å². The monoisotopic (exact) mass is 274 g/mol. The van der Waals surface area contributed by atoms with E-state index in [1.54, 1.807) is 17.0 Å². The van der Waals surface area contributed by atoms with Crippen LogP contribution in [0.5, 0.6) is 0 Å². The molecule has 0 saturated heterocycles. The van der Waals surface area contributed by atoms with E-state index in [1.165, 1.54) is 18.5 Å². The molecule has 1 rings (SSSR count). The second-order valence-corrected chi connectivity index (χ2v) is 5.36. The van der Waals surface area contributed by atoms with Crippen LogP contribution in [0.15, 0.2) is 33.6 Å². The van der Waals surface area contributed by atoms with E-state index in [4.69, 9.17) is 11.6 Å². The van der Waals surface area contributed by atoms with Crippen LogP contribution in [0, 0.1) is 0 Å². The number of nitrogens with zero attached hydrogens (tertiary/aromatic N) is 2. The number of halogens is 1. The largest absolute Gasteiger partial charge is 0.362 e. The van der Waals surface area contributed by atoms with Crippen molar-refractivity contribution in [1.82, 2.24) is 4.90 Å². The number of hydrogen-bond acceptors (Lipinski definition) is 2. The maximum atomic E-state index is 11.9. The number of rotatable bonds is 5. The van der Waals surface area contributed by atoms with Gasteiger partial charge in [0.1, 0.15) is 11.2 Å². The molecule has 0 aliphatic heterocycles. The number of hydrogen-bond donors (Lipinski definition) is 0. The molecule has 0 aliphatic rings. The lowest BCUT2D eigenvalue weighted by atomic mass is 10.4. The van der Waals surface area contributed by atoms with Crippen molar-refractivity contribution in [3.8, 4) is 0 Å². The highest BCUT2D eigenvalue weighted by molar-refractivity contribution is 7.90. The first-order chi connectivity index (χ1) is 8.01. The summed E-state index contributed by atoms with van der Waals surface area (Å²) in [4.78, 5) is 1.82. The fraction of sp³-hybridized carbons (Fsp3) is 0.364. The van der Waals surface area contributed by atoms with Gasteiger partial charge in [-0.05, 0) is 26.0 Å². The van der Waals surface area contributed by atoms with Gasteiger partial charge in [0.15, 0.2) is 0 Å². The van der Waals surface area contributed by atoms with Gasteiger partial charge in [0, 0.05) is 13.1 Å². The molecule has 94 valence electrons. The zero-order valence-corrected chi connectivity index (χ0v) is 11.4. The summed E-state index contributed by atoms with van der Waals surface area (Å²) in [5.74, 6) is 0. The fourth-order valence-electron chi connectivity index (χ4n) is 1.23. The van der Waals surface area contributed by atoms with Gasteiger partial charge in [0.25, 0.3) is 10.0 Å². The molecular formula is C11H15ClN2O2S. The van der Waals surface area contributed by atoms with Gasteiger partial charge in [-0.3, -0.25) is 0 Å². The molecule has 0 aromatic heterocycles. The van der Waals surface area contributed by atoms with Crippen LogP contribution in [0.25, 0.3) is 0 Å². The quantitative estimate of drug-likeness (QED) is 0.612. The van der Waals surface area contributed by atoms with Gasteiger partial charge in [-0.15, -0.1) is 4.40 Å². The van der Waals surface area contributed by atoms with E-state index in [9.17, 15) is 8.42 Å². The molecule has 0 radical (unpaired) electrons. The van der Waals surface area contributed by atoms with E-state index in [-0.39, 0.29) is 9.92 Å². The maximum Gasteiger partial charge on any atom is 0.285 e. The van der Waals surface area contributed by atoms with Crippen LogP contribution in [0.1, 0.15) is 13.8 Å². The Hall–Kier alpha value is -1.07. The second-order valence-electron chi connectivity index (χ2n) is 3.35. The van der Waals surface area contributed by atoms with Crippen molar-refractivity contribution in [2.24, 2.45) is 4.40 Å². The molecule has 0 aliphatic carbocycles. The first-order valence-electron chi connectivity index (χ1n) is 5.30. The predicted molar refractivity (Wildman–Crippen MR) is 70.1 cm³/mol. The van der Waals surface area contributed by atoms with E-state index >= 15 is 0 Å². The normalized spacial score (nSPS) is 11.9. The van der Waals surface area contributed by atoms with Crippen LogP contribution in [0.4, 0.5) is 0 Å². The highest BCUT2D eigenvalue weighted by Gasteiger charge is 2.15. The van der Waals surface area contributed by atoms with Crippen molar-refractivity contribution in [2.75, 3.05) is 13.1 Å². The van der Waals surface area contributed by atoms with Crippen LogP contribution in [-0.4, -0.2) is 32.7 Å². The maximum absolute atomic E-state index is 11.9. The molecule has 0 atom stereocenters. The number of sulfonamides is 1. The molecular weight excluding hydrogens is 260 g/mol.